The number of hydrogen-bond donors (Lipinski definition) is 4. The van der Waals surface area contributed by atoms with Gasteiger partial charge in [0.2, 0.25) is 0 Å². The Balaban J connectivity index is 1.11. The number of aliphatic hydroxyl groups is 4. The van der Waals surface area contributed by atoms with Crippen LogP contribution in [0.25, 0.3) is 0 Å². The third kappa shape index (κ3) is 8.56. The Labute approximate surface area is 312 Å². The minimum Gasteiger partial charge on any atom is -0.394 e. The first-order chi connectivity index (χ1) is 25.4. The lowest BCUT2D eigenvalue weighted by molar-refractivity contribution is -0.259. The number of carbonyl (C=O) groups is 2. The minimum atomic E-state index is -1.10. The fourth-order valence-corrected chi connectivity index (χ4v) is 10.1. The smallest absolute Gasteiger partial charge is 0.135 e. The number of fused-ring (bicyclic) bond motifs is 7. The van der Waals surface area contributed by atoms with Gasteiger partial charge in [0.15, 0.2) is 0 Å². The zero-order valence-electron chi connectivity index (χ0n) is 31.2. The van der Waals surface area contributed by atoms with Crippen LogP contribution in [-0.4, -0.2) is 143 Å². The molecule has 7 saturated heterocycles. The van der Waals surface area contributed by atoms with Crippen molar-refractivity contribution in [3.63, 3.8) is 0 Å². The fraction of sp³-hybridized carbons (Fsp3) is 0.850. The molecule has 53 heavy (non-hydrogen) atoms. The molecule has 0 aromatic heterocycles. The molecule has 0 aromatic carbocycles. The predicted molar refractivity (Wildman–Crippen MR) is 189 cm³/mol. The summed E-state index contributed by atoms with van der Waals surface area (Å²) in [5.41, 5.74) is 2.00. The summed E-state index contributed by atoms with van der Waals surface area (Å²) in [7, 11) is 1.58. The lowest BCUT2D eigenvalue weighted by Gasteiger charge is -2.46. The van der Waals surface area contributed by atoms with Gasteiger partial charge in [0.1, 0.15) is 42.1 Å². The zero-order valence-corrected chi connectivity index (χ0v) is 31.2. The lowest BCUT2D eigenvalue weighted by atomic mass is 9.81. The number of carbonyl (C=O) groups excluding carboxylic acids is 2. The number of hydrogen-bond acceptors (Lipinski definition) is 13. The SMILES string of the molecule is C=C1C2C[C@@H]3O[C@H](C[C@H](O)CO)[C@H](OC)[C@H]3CC(=O)C[C@H]3CCC4O[C@H]5[C@@H](O)[C@H](CC(=O)CC[C@H]6CC(=C)[C@H](CC[C@@H](C[C@H]1C)O2)O6)O[C@H]5[C@@H](O)C4O3. The molecule has 7 rings (SSSR count). The van der Waals surface area contributed by atoms with Crippen LogP contribution in [0.15, 0.2) is 24.3 Å². The van der Waals surface area contributed by atoms with Gasteiger partial charge >= 0.3 is 0 Å². The summed E-state index contributed by atoms with van der Waals surface area (Å²) >= 11 is 0. The average Bonchev–Trinajstić information content (AvgIpc) is 3.76. The Kier molecular flexibility index (Phi) is 12.6. The van der Waals surface area contributed by atoms with Gasteiger partial charge in [0.25, 0.3) is 0 Å². The van der Waals surface area contributed by atoms with Crippen molar-refractivity contribution < 1.29 is 63.2 Å². The molecule has 8 bridgehead atoms. The summed E-state index contributed by atoms with van der Waals surface area (Å²) in [6.07, 6.45) is -3.55. The first-order valence-corrected chi connectivity index (χ1v) is 19.9. The van der Waals surface area contributed by atoms with Crippen LogP contribution in [-0.2, 0) is 42.7 Å². The summed E-state index contributed by atoms with van der Waals surface area (Å²) in [5, 5.41) is 42.6. The summed E-state index contributed by atoms with van der Waals surface area (Å²) in [4.78, 5) is 27.0. The van der Waals surface area contributed by atoms with Crippen LogP contribution < -0.4 is 0 Å². The van der Waals surface area contributed by atoms with Crippen molar-refractivity contribution in [2.45, 2.75) is 188 Å². The van der Waals surface area contributed by atoms with Gasteiger partial charge in [-0.15, -0.1) is 0 Å². The van der Waals surface area contributed by atoms with Crippen LogP contribution in [0.4, 0.5) is 0 Å². The maximum absolute atomic E-state index is 13.9. The molecule has 7 aliphatic heterocycles. The van der Waals surface area contributed by atoms with E-state index < -0.39 is 79.9 Å². The molecular weight excluding hydrogens is 688 g/mol. The maximum Gasteiger partial charge on any atom is 0.135 e. The van der Waals surface area contributed by atoms with Gasteiger partial charge in [-0.2, -0.15) is 0 Å². The van der Waals surface area contributed by atoms with E-state index in [0.29, 0.717) is 32.1 Å². The van der Waals surface area contributed by atoms with Gasteiger partial charge < -0.3 is 53.6 Å². The van der Waals surface area contributed by atoms with Crippen LogP contribution in [0.5, 0.6) is 0 Å². The molecule has 298 valence electrons. The topological polar surface area (TPSA) is 180 Å². The molecule has 13 heteroatoms. The van der Waals surface area contributed by atoms with E-state index in [9.17, 15) is 30.0 Å². The highest BCUT2D eigenvalue weighted by Gasteiger charge is 2.57. The number of ketones is 2. The van der Waals surface area contributed by atoms with Crippen molar-refractivity contribution in [2.24, 2.45) is 11.8 Å². The standard InChI is InChI=1S/C40H60O13/c1-19-11-26-7-9-29-20(2)12-25(48-29)6-5-22(42)15-33-35(45)39-40(53-33)36(46)38-30(52-39)10-8-27(50-38)13-23(43)14-28-32(17-31(49-26)21(19)3)51-34(37(28)47-4)16-24(44)18-41/h19,24-41,44-46H,2-3,5-18H2,1,4H3/t19-,24+,25+,26+,27-,28+,29+,30?,31?,32+,33+,34-,35+,36+,37-,38?,39+,40+/m1/s1. The molecule has 0 spiro atoms. The molecule has 0 aliphatic carbocycles. The van der Waals surface area contributed by atoms with Crippen molar-refractivity contribution in [3.05, 3.63) is 24.3 Å². The Morgan fingerprint density at radius 2 is 1.45 bits per heavy atom. The zero-order chi connectivity index (χ0) is 37.6. The third-order valence-electron chi connectivity index (χ3n) is 13.1. The predicted octanol–water partition coefficient (Wildman–Crippen LogP) is 2.27. The molecule has 0 amide bonds. The van der Waals surface area contributed by atoms with E-state index in [1.165, 1.54) is 0 Å². The van der Waals surface area contributed by atoms with E-state index >= 15 is 0 Å². The number of rotatable bonds is 4. The number of aliphatic hydroxyl groups excluding tert-OH is 4. The highest BCUT2D eigenvalue weighted by molar-refractivity contribution is 5.79. The highest BCUT2D eigenvalue weighted by Crippen LogP contribution is 2.43. The average molecular weight is 749 g/mol. The number of ether oxygens (including phenoxy) is 7. The van der Waals surface area contributed by atoms with Crippen LogP contribution in [0.3, 0.4) is 0 Å². The van der Waals surface area contributed by atoms with Crippen LogP contribution in [0.1, 0.15) is 90.4 Å². The fourth-order valence-electron chi connectivity index (χ4n) is 10.1. The van der Waals surface area contributed by atoms with Gasteiger partial charge in [-0.25, -0.2) is 0 Å². The monoisotopic (exact) mass is 748 g/mol. The molecule has 7 fully saturated rings. The molecule has 3 unspecified atom stereocenters. The highest BCUT2D eigenvalue weighted by atomic mass is 16.6. The Morgan fingerprint density at radius 1 is 0.736 bits per heavy atom. The molecule has 0 radical (unpaired) electrons. The Bertz CT molecular complexity index is 1340. The number of Topliss-reactive ketones (excluding diaryl/α,β-unsaturated/α-hetero) is 2. The molecular formula is C40H60O13. The van der Waals surface area contributed by atoms with Crippen molar-refractivity contribution >= 4 is 11.6 Å². The summed E-state index contributed by atoms with van der Waals surface area (Å²) in [6.45, 7) is 10.4. The summed E-state index contributed by atoms with van der Waals surface area (Å²) in [6, 6.07) is 0. The Hall–Kier alpha value is -1.62. The molecule has 7 heterocycles. The molecule has 13 nitrogen and oxygen atoms in total. The van der Waals surface area contributed by atoms with Crippen LogP contribution >= 0.6 is 0 Å². The molecule has 4 N–H and O–H groups in total. The lowest BCUT2D eigenvalue weighted by Crippen LogP contribution is -2.61. The van der Waals surface area contributed by atoms with Gasteiger partial charge in [-0.1, -0.05) is 20.1 Å². The van der Waals surface area contributed by atoms with E-state index in [2.05, 4.69) is 20.1 Å². The second-order valence-electron chi connectivity index (χ2n) is 16.8. The van der Waals surface area contributed by atoms with E-state index in [1.807, 2.05) is 0 Å². The van der Waals surface area contributed by atoms with Crippen LogP contribution in [0.2, 0.25) is 0 Å². The first kappa shape index (κ1) is 39.6. The van der Waals surface area contributed by atoms with E-state index in [0.717, 1.165) is 30.4 Å². The molecule has 18 atom stereocenters. The van der Waals surface area contributed by atoms with Gasteiger partial charge in [0.05, 0.1) is 73.8 Å². The normalized spacial score (nSPS) is 47.7. The second kappa shape index (κ2) is 16.9. The van der Waals surface area contributed by atoms with E-state index in [4.69, 9.17) is 33.2 Å². The summed E-state index contributed by atoms with van der Waals surface area (Å²) in [5.74, 6) is -0.221. The maximum atomic E-state index is 13.9. The van der Waals surface area contributed by atoms with Crippen molar-refractivity contribution in [2.75, 3.05) is 13.7 Å². The van der Waals surface area contributed by atoms with Gasteiger partial charge in [-0.3, -0.25) is 9.59 Å². The van der Waals surface area contributed by atoms with Crippen LogP contribution in [0, 0.1) is 11.8 Å². The minimum absolute atomic E-state index is 0.00643. The molecule has 0 aromatic rings. The van der Waals surface area contributed by atoms with Crippen molar-refractivity contribution in [1.29, 1.82) is 0 Å². The second-order valence-corrected chi connectivity index (χ2v) is 16.8. The quantitative estimate of drug-likeness (QED) is 0.308. The molecule has 0 saturated carbocycles. The molecule has 7 aliphatic rings. The third-order valence-corrected chi connectivity index (χ3v) is 13.1. The Morgan fingerprint density at radius 3 is 2.23 bits per heavy atom. The van der Waals surface area contributed by atoms with Crippen molar-refractivity contribution in [1.82, 2.24) is 0 Å². The number of methoxy groups -OCH3 is 1. The van der Waals surface area contributed by atoms with Gasteiger partial charge in [0, 0.05) is 51.6 Å². The van der Waals surface area contributed by atoms with Gasteiger partial charge in [-0.05, 0) is 62.0 Å². The first-order valence-electron chi connectivity index (χ1n) is 19.9. The summed E-state index contributed by atoms with van der Waals surface area (Å²) < 4.78 is 44.3. The largest absolute Gasteiger partial charge is 0.394 e. The van der Waals surface area contributed by atoms with Crippen molar-refractivity contribution in [3.8, 4) is 0 Å². The van der Waals surface area contributed by atoms with E-state index in [1.54, 1.807) is 7.11 Å². The van der Waals surface area contributed by atoms with E-state index in [-0.39, 0.29) is 79.9 Å².